The Hall–Kier alpha value is -1.53. The van der Waals surface area contributed by atoms with Crippen molar-refractivity contribution in [2.75, 3.05) is 18.4 Å². The van der Waals surface area contributed by atoms with Gasteiger partial charge in [-0.05, 0) is 32.9 Å². The largest absolute Gasteiger partial charge is 0.373 e. The number of rotatable bonds is 3. The summed E-state index contributed by atoms with van der Waals surface area (Å²) in [6, 6.07) is 2.54. The summed E-state index contributed by atoms with van der Waals surface area (Å²) in [4.78, 5) is 14.2. The Morgan fingerprint density at radius 2 is 1.95 bits per heavy atom. The molecule has 1 aromatic rings. The monoisotopic (exact) mass is 298 g/mol. The fourth-order valence-electron chi connectivity index (χ4n) is 2.53. The molecule has 1 fully saturated rings. The van der Waals surface area contributed by atoms with Crippen LogP contribution in [0, 0.1) is 11.6 Å². The molecule has 0 aromatic heterocycles. The SMILES string of the molecule is CC1CN(C(C)C(=O)Nc2cc(F)ccc2F)CC(C)O1. The average molecular weight is 298 g/mol. The molecule has 116 valence electrons. The molecule has 1 aliphatic rings. The van der Waals surface area contributed by atoms with Crippen molar-refractivity contribution < 1.29 is 18.3 Å². The summed E-state index contributed by atoms with van der Waals surface area (Å²) in [5, 5.41) is 2.44. The van der Waals surface area contributed by atoms with Gasteiger partial charge in [-0.25, -0.2) is 8.78 Å². The molecule has 1 saturated heterocycles. The summed E-state index contributed by atoms with van der Waals surface area (Å²) in [7, 11) is 0. The van der Waals surface area contributed by atoms with Crippen LogP contribution in [-0.4, -0.2) is 42.1 Å². The molecular weight excluding hydrogens is 278 g/mol. The number of hydrogen-bond donors (Lipinski definition) is 1. The van der Waals surface area contributed by atoms with Crippen LogP contribution in [-0.2, 0) is 9.53 Å². The fourth-order valence-corrected chi connectivity index (χ4v) is 2.53. The van der Waals surface area contributed by atoms with E-state index in [9.17, 15) is 13.6 Å². The molecule has 1 aromatic carbocycles. The maximum absolute atomic E-state index is 13.5. The van der Waals surface area contributed by atoms with E-state index < -0.39 is 17.7 Å². The maximum atomic E-state index is 13.5. The van der Waals surface area contributed by atoms with E-state index in [0.717, 1.165) is 18.2 Å². The van der Waals surface area contributed by atoms with Crippen molar-refractivity contribution in [3.8, 4) is 0 Å². The smallest absolute Gasteiger partial charge is 0.241 e. The molecule has 1 amide bonds. The lowest BCUT2D eigenvalue weighted by Crippen LogP contribution is -2.52. The first-order chi connectivity index (χ1) is 9.86. The van der Waals surface area contributed by atoms with E-state index in [4.69, 9.17) is 4.74 Å². The molecule has 0 saturated carbocycles. The third-order valence-corrected chi connectivity index (χ3v) is 3.56. The van der Waals surface area contributed by atoms with Gasteiger partial charge >= 0.3 is 0 Å². The van der Waals surface area contributed by atoms with Crippen LogP contribution >= 0.6 is 0 Å². The molecule has 0 spiro atoms. The van der Waals surface area contributed by atoms with Crippen molar-refractivity contribution in [3.05, 3.63) is 29.8 Å². The van der Waals surface area contributed by atoms with Crippen molar-refractivity contribution in [1.82, 2.24) is 4.90 Å². The zero-order valence-corrected chi connectivity index (χ0v) is 12.4. The van der Waals surface area contributed by atoms with Crippen LogP contribution < -0.4 is 5.32 Å². The molecule has 1 N–H and O–H groups in total. The minimum Gasteiger partial charge on any atom is -0.373 e. The number of carbonyl (C=O) groups is 1. The maximum Gasteiger partial charge on any atom is 0.241 e. The molecule has 3 atom stereocenters. The summed E-state index contributed by atoms with van der Waals surface area (Å²) in [6.07, 6.45) is 0.0739. The second-order valence-corrected chi connectivity index (χ2v) is 5.50. The molecule has 0 radical (unpaired) electrons. The highest BCUT2D eigenvalue weighted by Crippen LogP contribution is 2.18. The predicted octanol–water partition coefficient (Wildman–Crippen LogP) is 2.40. The van der Waals surface area contributed by atoms with Crippen molar-refractivity contribution in [1.29, 1.82) is 0 Å². The predicted molar refractivity (Wildman–Crippen MR) is 76.0 cm³/mol. The number of ether oxygens (including phenoxy) is 1. The van der Waals surface area contributed by atoms with Crippen LogP contribution in [0.2, 0.25) is 0 Å². The van der Waals surface area contributed by atoms with Gasteiger partial charge in [0.25, 0.3) is 0 Å². The van der Waals surface area contributed by atoms with Gasteiger partial charge < -0.3 is 10.1 Å². The lowest BCUT2D eigenvalue weighted by atomic mass is 10.1. The van der Waals surface area contributed by atoms with Crippen LogP contribution in [0.1, 0.15) is 20.8 Å². The van der Waals surface area contributed by atoms with Crippen LogP contribution in [0.25, 0.3) is 0 Å². The first-order valence-corrected chi connectivity index (χ1v) is 7.02. The molecule has 4 nitrogen and oxygen atoms in total. The van der Waals surface area contributed by atoms with Gasteiger partial charge in [0.2, 0.25) is 5.91 Å². The number of hydrogen-bond acceptors (Lipinski definition) is 3. The van der Waals surface area contributed by atoms with Crippen molar-refractivity contribution in [3.63, 3.8) is 0 Å². The summed E-state index contributed by atoms with van der Waals surface area (Å²) < 4.78 is 32.3. The number of nitrogens with zero attached hydrogens (tertiary/aromatic N) is 1. The second-order valence-electron chi connectivity index (χ2n) is 5.50. The van der Waals surface area contributed by atoms with Gasteiger partial charge in [0.05, 0.1) is 23.9 Å². The normalized spacial score (nSPS) is 24.6. The molecule has 1 heterocycles. The number of benzene rings is 1. The molecule has 21 heavy (non-hydrogen) atoms. The van der Waals surface area contributed by atoms with Gasteiger partial charge in [-0.2, -0.15) is 0 Å². The van der Waals surface area contributed by atoms with Crippen molar-refractivity contribution in [2.24, 2.45) is 0 Å². The van der Waals surface area contributed by atoms with Gasteiger partial charge in [0, 0.05) is 19.2 Å². The summed E-state index contributed by atoms with van der Waals surface area (Å²) in [6.45, 7) is 6.89. The van der Waals surface area contributed by atoms with Crippen molar-refractivity contribution in [2.45, 2.75) is 39.0 Å². The Balaban J connectivity index is 2.04. The number of amides is 1. The number of anilines is 1. The van der Waals surface area contributed by atoms with E-state index in [0.29, 0.717) is 13.1 Å². The number of halogens is 2. The van der Waals surface area contributed by atoms with Gasteiger partial charge in [-0.1, -0.05) is 0 Å². The Morgan fingerprint density at radius 3 is 2.57 bits per heavy atom. The van der Waals surface area contributed by atoms with Gasteiger partial charge in [-0.3, -0.25) is 9.69 Å². The summed E-state index contributed by atoms with van der Waals surface area (Å²) in [5.41, 5.74) is -0.138. The second kappa shape index (κ2) is 6.49. The van der Waals surface area contributed by atoms with Crippen LogP contribution in [0.15, 0.2) is 18.2 Å². The van der Waals surface area contributed by atoms with E-state index in [-0.39, 0.29) is 23.8 Å². The highest BCUT2D eigenvalue weighted by molar-refractivity contribution is 5.94. The molecule has 3 unspecified atom stereocenters. The third-order valence-electron chi connectivity index (χ3n) is 3.56. The van der Waals surface area contributed by atoms with Crippen LogP contribution in [0.3, 0.4) is 0 Å². The molecule has 6 heteroatoms. The molecule has 0 bridgehead atoms. The van der Waals surface area contributed by atoms with Gasteiger partial charge in [0.1, 0.15) is 11.6 Å². The van der Waals surface area contributed by atoms with E-state index in [1.54, 1.807) is 6.92 Å². The first-order valence-electron chi connectivity index (χ1n) is 7.02. The Kier molecular flexibility index (Phi) is 4.90. The van der Waals surface area contributed by atoms with E-state index >= 15 is 0 Å². The molecule has 0 aliphatic carbocycles. The topological polar surface area (TPSA) is 41.6 Å². The highest BCUT2D eigenvalue weighted by Gasteiger charge is 2.29. The minimum atomic E-state index is -0.652. The molecule has 2 rings (SSSR count). The van der Waals surface area contributed by atoms with E-state index in [1.165, 1.54) is 0 Å². The Labute approximate surface area is 123 Å². The molecule has 1 aliphatic heterocycles. The van der Waals surface area contributed by atoms with E-state index in [2.05, 4.69) is 5.32 Å². The average Bonchev–Trinajstić information content (AvgIpc) is 2.41. The Morgan fingerprint density at radius 1 is 1.33 bits per heavy atom. The quantitative estimate of drug-likeness (QED) is 0.931. The summed E-state index contributed by atoms with van der Waals surface area (Å²) in [5.74, 6) is -1.60. The Bertz CT molecular complexity index is 514. The zero-order chi connectivity index (χ0) is 15.6. The number of nitrogens with one attached hydrogen (secondary N) is 1. The first kappa shape index (κ1) is 15.9. The van der Waals surface area contributed by atoms with Crippen LogP contribution in [0.4, 0.5) is 14.5 Å². The van der Waals surface area contributed by atoms with Crippen LogP contribution in [0.5, 0.6) is 0 Å². The lowest BCUT2D eigenvalue weighted by molar-refractivity contribution is -0.126. The zero-order valence-electron chi connectivity index (χ0n) is 12.4. The fraction of sp³-hybridized carbons (Fsp3) is 0.533. The van der Waals surface area contributed by atoms with Gasteiger partial charge in [-0.15, -0.1) is 0 Å². The summed E-state index contributed by atoms with van der Waals surface area (Å²) >= 11 is 0. The minimum absolute atomic E-state index is 0.0369. The third kappa shape index (κ3) is 3.98. The lowest BCUT2D eigenvalue weighted by Gasteiger charge is -2.38. The number of morpholine rings is 1. The number of carbonyl (C=O) groups excluding carboxylic acids is 1. The van der Waals surface area contributed by atoms with Gasteiger partial charge in [0.15, 0.2) is 0 Å². The van der Waals surface area contributed by atoms with E-state index in [1.807, 2.05) is 18.7 Å². The standard InChI is InChI=1S/C15H20F2N2O2/c1-9-7-19(8-10(2)21-9)11(3)15(20)18-14-6-12(16)4-5-13(14)17/h4-6,9-11H,7-8H2,1-3H3,(H,18,20). The van der Waals surface area contributed by atoms with Crippen molar-refractivity contribution >= 4 is 11.6 Å². The highest BCUT2D eigenvalue weighted by atomic mass is 19.1. The molecular formula is C15H20F2N2O2.